The molecule has 3 N–H and O–H groups in total. The van der Waals surface area contributed by atoms with Crippen molar-refractivity contribution in [3.05, 3.63) is 65.7 Å². The van der Waals surface area contributed by atoms with Crippen LogP contribution in [0.3, 0.4) is 0 Å². The molecule has 132 valence electrons. The molecule has 0 aliphatic rings. The molecule has 6 nitrogen and oxygen atoms in total. The Morgan fingerprint density at radius 2 is 1.68 bits per heavy atom. The van der Waals surface area contributed by atoms with E-state index >= 15 is 0 Å². The van der Waals surface area contributed by atoms with Crippen molar-refractivity contribution in [2.24, 2.45) is 5.84 Å². The average Bonchev–Trinajstić information content (AvgIpc) is 2.66. The van der Waals surface area contributed by atoms with E-state index in [4.69, 9.17) is 5.84 Å². The lowest BCUT2D eigenvalue weighted by molar-refractivity contribution is 0.0953. The summed E-state index contributed by atoms with van der Waals surface area (Å²) in [6.45, 7) is 3.15. The Hall–Kier alpha value is -2.86. The van der Waals surface area contributed by atoms with Crippen LogP contribution in [0, 0.1) is 0 Å². The van der Waals surface area contributed by atoms with Crippen molar-refractivity contribution < 1.29 is 9.59 Å². The summed E-state index contributed by atoms with van der Waals surface area (Å²) >= 11 is 0. The van der Waals surface area contributed by atoms with E-state index in [9.17, 15) is 9.59 Å². The molecule has 0 fully saturated rings. The van der Waals surface area contributed by atoms with Gasteiger partial charge in [-0.2, -0.15) is 0 Å². The Kier molecular flexibility index (Phi) is 6.54. The summed E-state index contributed by atoms with van der Waals surface area (Å²) in [7, 11) is 1.80. The van der Waals surface area contributed by atoms with Gasteiger partial charge < -0.3 is 4.90 Å². The van der Waals surface area contributed by atoms with E-state index in [1.165, 1.54) is 0 Å². The van der Waals surface area contributed by atoms with Crippen LogP contribution in [0.4, 0.5) is 10.5 Å². The first-order valence-electron chi connectivity index (χ1n) is 8.24. The van der Waals surface area contributed by atoms with Crippen molar-refractivity contribution in [1.29, 1.82) is 0 Å². The molecule has 0 saturated carbocycles. The molecule has 2 aromatic rings. The molecule has 0 aliphatic heterocycles. The molecule has 0 spiro atoms. The molecule has 6 heteroatoms. The van der Waals surface area contributed by atoms with E-state index < -0.39 is 0 Å². The number of amides is 3. The molecule has 0 bridgehead atoms. The molecule has 0 atom stereocenters. The summed E-state index contributed by atoms with van der Waals surface area (Å²) in [5.41, 5.74) is 4.34. The highest BCUT2D eigenvalue weighted by Crippen LogP contribution is 2.19. The van der Waals surface area contributed by atoms with Gasteiger partial charge in [-0.25, -0.2) is 10.6 Å². The Morgan fingerprint density at radius 3 is 2.24 bits per heavy atom. The Balaban J connectivity index is 2.24. The van der Waals surface area contributed by atoms with Gasteiger partial charge in [0.25, 0.3) is 5.91 Å². The van der Waals surface area contributed by atoms with Crippen LogP contribution in [0.2, 0.25) is 0 Å². The number of nitrogen functional groups attached to an aromatic ring is 1. The predicted molar refractivity (Wildman–Crippen MR) is 99.0 cm³/mol. The highest BCUT2D eigenvalue weighted by Gasteiger charge is 2.19. The van der Waals surface area contributed by atoms with E-state index in [0.717, 1.165) is 17.7 Å². The smallest absolute Gasteiger partial charge is 0.324 e. The lowest BCUT2D eigenvalue weighted by Crippen LogP contribution is -2.41. The molecule has 0 saturated heterocycles. The van der Waals surface area contributed by atoms with Crippen LogP contribution in [-0.2, 0) is 6.54 Å². The number of nitrogens with zero attached hydrogens (tertiary/aromatic N) is 2. The quantitative estimate of drug-likeness (QED) is 0.482. The number of hydrogen-bond acceptors (Lipinski definition) is 3. The molecule has 2 rings (SSSR count). The largest absolute Gasteiger partial charge is 0.327 e. The Labute approximate surface area is 148 Å². The molecule has 2 aromatic carbocycles. The van der Waals surface area contributed by atoms with Crippen LogP contribution in [0.1, 0.15) is 29.3 Å². The Morgan fingerprint density at radius 1 is 1.04 bits per heavy atom. The summed E-state index contributed by atoms with van der Waals surface area (Å²) < 4.78 is 0. The van der Waals surface area contributed by atoms with Crippen molar-refractivity contribution in [1.82, 2.24) is 10.3 Å². The third kappa shape index (κ3) is 4.81. The van der Waals surface area contributed by atoms with E-state index in [2.05, 4.69) is 5.43 Å². The second kappa shape index (κ2) is 8.84. The summed E-state index contributed by atoms with van der Waals surface area (Å²) in [5, 5.41) is 0. The van der Waals surface area contributed by atoms with Crippen LogP contribution in [0.5, 0.6) is 0 Å². The second-order valence-corrected chi connectivity index (χ2v) is 5.80. The van der Waals surface area contributed by atoms with E-state index in [-0.39, 0.29) is 11.9 Å². The first-order chi connectivity index (χ1) is 12.1. The molecular formula is C19H24N4O2. The molecule has 0 aliphatic carbocycles. The van der Waals surface area contributed by atoms with Crippen molar-refractivity contribution >= 4 is 17.6 Å². The fourth-order valence-corrected chi connectivity index (χ4v) is 2.54. The van der Waals surface area contributed by atoms with E-state index in [1.54, 1.807) is 29.0 Å². The molecule has 0 radical (unpaired) electrons. The molecule has 0 aromatic heterocycles. The third-order valence-corrected chi connectivity index (χ3v) is 3.87. The van der Waals surface area contributed by atoms with Gasteiger partial charge in [-0.15, -0.1) is 0 Å². The van der Waals surface area contributed by atoms with Crippen molar-refractivity contribution in [2.75, 3.05) is 18.5 Å². The van der Waals surface area contributed by atoms with Crippen LogP contribution in [0.25, 0.3) is 0 Å². The maximum atomic E-state index is 12.8. The number of carbonyl (C=O) groups excluding carboxylic acids is 2. The van der Waals surface area contributed by atoms with Gasteiger partial charge in [0.2, 0.25) is 0 Å². The van der Waals surface area contributed by atoms with Crippen molar-refractivity contribution in [2.45, 2.75) is 19.9 Å². The number of hydrogen-bond donors (Lipinski definition) is 2. The average molecular weight is 340 g/mol. The zero-order valence-electron chi connectivity index (χ0n) is 14.6. The molecule has 0 unspecified atom stereocenters. The first kappa shape index (κ1) is 18.5. The van der Waals surface area contributed by atoms with Gasteiger partial charge in [-0.1, -0.05) is 37.3 Å². The number of carbonyl (C=O) groups is 2. The summed E-state index contributed by atoms with van der Waals surface area (Å²) in [6.07, 6.45) is 0.897. The molecular weight excluding hydrogens is 316 g/mol. The summed E-state index contributed by atoms with van der Waals surface area (Å²) in [5.74, 6) is 4.80. The number of nitrogens with two attached hydrogens (primary N) is 1. The van der Waals surface area contributed by atoms with E-state index in [1.807, 2.05) is 49.4 Å². The number of urea groups is 1. The zero-order valence-corrected chi connectivity index (χ0v) is 14.6. The SMILES string of the molecule is CCCN(C)C(=O)N(Cc1ccc(C(=O)NN)cc1)c1ccccc1. The molecule has 3 amide bonds. The first-order valence-corrected chi connectivity index (χ1v) is 8.24. The number of benzene rings is 2. The van der Waals surface area contributed by atoms with Crippen LogP contribution >= 0.6 is 0 Å². The lowest BCUT2D eigenvalue weighted by Gasteiger charge is -2.28. The van der Waals surface area contributed by atoms with Gasteiger partial charge in [0.1, 0.15) is 0 Å². The number of anilines is 1. The maximum absolute atomic E-state index is 12.8. The van der Waals surface area contributed by atoms with Crippen molar-refractivity contribution in [3.8, 4) is 0 Å². The Bertz CT molecular complexity index is 701. The van der Waals surface area contributed by atoms with Gasteiger partial charge >= 0.3 is 6.03 Å². The number of para-hydroxylation sites is 1. The number of nitrogens with one attached hydrogen (secondary N) is 1. The number of hydrazine groups is 1. The summed E-state index contributed by atoms with van der Waals surface area (Å²) in [4.78, 5) is 27.8. The lowest BCUT2D eigenvalue weighted by atomic mass is 10.1. The standard InChI is InChI=1S/C19H24N4O2/c1-3-13-22(2)19(25)23(17-7-5-4-6-8-17)14-15-9-11-16(12-10-15)18(24)21-20/h4-12H,3,13-14,20H2,1-2H3,(H,21,24). The highest BCUT2D eigenvalue weighted by atomic mass is 16.2. The summed E-state index contributed by atoms with van der Waals surface area (Å²) in [6, 6.07) is 16.5. The molecule has 0 heterocycles. The molecule has 25 heavy (non-hydrogen) atoms. The van der Waals surface area contributed by atoms with Crippen LogP contribution in [0.15, 0.2) is 54.6 Å². The minimum atomic E-state index is -0.342. The third-order valence-electron chi connectivity index (χ3n) is 3.87. The minimum absolute atomic E-state index is 0.0585. The topological polar surface area (TPSA) is 78.7 Å². The van der Waals surface area contributed by atoms with Gasteiger partial charge in [0.15, 0.2) is 0 Å². The monoisotopic (exact) mass is 340 g/mol. The fourth-order valence-electron chi connectivity index (χ4n) is 2.54. The van der Waals surface area contributed by atoms with Crippen LogP contribution < -0.4 is 16.2 Å². The minimum Gasteiger partial charge on any atom is -0.327 e. The zero-order chi connectivity index (χ0) is 18.2. The number of rotatable bonds is 6. The fraction of sp³-hybridized carbons (Fsp3) is 0.263. The van der Waals surface area contributed by atoms with Gasteiger partial charge in [-0.05, 0) is 36.2 Å². The maximum Gasteiger partial charge on any atom is 0.324 e. The van der Waals surface area contributed by atoms with Gasteiger partial charge in [0.05, 0.1) is 6.54 Å². The van der Waals surface area contributed by atoms with E-state index in [0.29, 0.717) is 18.7 Å². The van der Waals surface area contributed by atoms with Crippen LogP contribution in [-0.4, -0.2) is 30.4 Å². The normalized spacial score (nSPS) is 10.2. The predicted octanol–water partition coefficient (Wildman–Crippen LogP) is 2.76. The van der Waals surface area contributed by atoms with Crippen molar-refractivity contribution in [3.63, 3.8) is 0 Å². The van der Waals surface area contributed by atoms with Gasteiger partial charge in [-0.3, -0.25) is 15.1 Å². The second-order valence-electron chi connectivity index (χ2n) is 5.80. The highest BCUT2D eigenvalue weighted by molar-refractivity contribution is 5.94. The van der Waals surface area contributed by atoms with Gasteiger partial charge in [0, 0.05) is 24.8 Å².